The highest BCUT2D eigenvalue weighted by atomic mass is 35.5. The first kappa shape index (κ1) is 13.6. The number of ether oxygens (including phenoxy) is 1. The number of alkyl halides is 4. The van der Waals surface area contributed by atoms with Crippen LogP contribution in [0.4, 0.5) is 0 Å². The summed E-state index contributed by atoms with van der Waals surface area (Å²) in [6.45, 7) is 0. The van der Waals surface area contributed by atoms with Gasteiger partial charge in [0.25, 0.3) is 0 Å². The van der Waals surface area contributed by atoms with Crippen molar-refractivity contribution in [2.24, 2.45) is 11.8 Å². The molecular formula is C9H2Cl6O3. The van der Waals surface area contributed by atoms with Crippen molar-refractivity contribution in [1.29, 1.82) is 0 Å². The van der Waals surface area contributed by atoms with Gasteiger partial charge in [-0.3, -0.25) is 9.59 Å². The van der Waals surface area contributed by atoms with E-state index >= 15 is 0 Å². The summed E-state index contributed by atoms with van der Waals surface area (Å²) < 4.78 is 2.63. The molecule has 0 amide bonds. The van der Waals surface area contributed by atoms with Crippen molar-refractivity contribution < 1.29 is 14.3 Å². The van der Waals surface area contributed by atoms with Crippen LogP contribution in [0.1, 0.15) is 0 Å². The van der Waals surface area contributed by atoms with E-state index < -0.39 is 37.9 Å². The van der Waals surface area contributed by atoms with Gasteiger partial charge in [0.05, 0.1) is 10.1 Å². The summed E-state index contributed by atoms with van der Waals surface area (Å²) in [6.07, 6.45) is 0. The van der Waals surface area contributed by atoms with E-state index in [9.17, 15) is 9.59 Å². The summed E-state index contributed by atoms with van der Waals surface area (Å²) in [5, 5.41) is -0.252. The average molecular weight is 371 g/mol. The predicted octanol–water partition coefficient (Wildman–Crippen LogP) is 3.15. The summed E-state index contributed by atoms with van der Waals surface area (Å²) in [7, 11) is 0. The predicted molar refractivity (Wildman–Crippen MR) is 68.4 cm³/mol. The van der Waals surface area contributed by atoms with Gasteiger partial charge in [-0.2, -0.15) is 0 Å². The Morgan fingerprint density at radius 3 is 1.50 bits per heavy atom. The van der Waals surface area contributed by atoms with Gasteiger partial charge in [0, 0.05) is 0 Å². The number of carbonyl (C=O) groups is 2. The van der Waals surface area contributed by atoms with Gasteiger partial charge < -0.3 is 4.74 Å². The van der Waals surface area contributed by atoms with Crippen LogP contribution in [-0.4, -0.2) is 26.0 Å². The summed E-state index contributed by atoms with van der Waals surface area (Å²) in [4.78, 5) is 19.9. The second-order valence-electron chi connectivity index (χ2n) is 4.32. The Labute approximate surface area is 131 Å². The van der Waals surface area contributed by atoms with E-state index in [4.69, 9.17) is 69.6 Å². The molecule has 98 valence electrons. The first-order chi connectivity index (χ1) is 8.11. The van der Waals surface area contributed by atoms with Crippen LogP contribution in [0.15, 0.2) is 10.1 Å². The zero-order valence-electron chi connectivity index (χ0n) is 8.15. The summed E-state index contributed by atoms with van der Waals surface area (Å²) >= 11 is 36.9. The maximum Gasteiger partial charge on any atom is 0.319 e. The molecular weight excluding hydrogens is 369 g/mol. The maximum absolute atomic E-state index is 11.7. The van der Waals surface area contributed by atoms with Crippen molar-refractivity contribution in [3.05, 3.63) is 10.1 Å². The molecule has 0 N–H and O–H groups in total. The molecule has 2 bridgehead atoms. The van der Waals surface area contributed by atoms with Gasteiger partial charge in [-0.05, 0) is 0 Å². The lowest BCUT2D eigenvalue weighted by Crippen LogP contribution is -2.47. The lowest BCUT2D eigenvalue weighted by atomic mass is 9.84. The molecule has 1 aliphatic heterocycles. The van der Waals surface area contributed by atoms with E-state index in [-0.39, 0.29) is 10.1 Å². The Hall–Kier alpha value is 0.620. The number of allylic oxidation sites excluding steroid dienone is 2. The molecule has 0 spiro atoms. The molecule has 9 heteroatoms. The number of cyclic esters (lactones) is 2. The van der Waals surface area contributed by atoms with E-state index in [1.54, 1.807) is 0 Å². The summed E-state index contributed by atoms with van der Waals surface area (Å²) in [6, 6.07) is 0. The Morgan fingerprint density at radius 2 is 1.17 bits per heavy atom. The molecule has 0 aromatic carbocycles. The molecule has 0 unspecified atom stereocenters. The Morgan fingerprint density at radius 1 is 0.833 bits per heavy atom. The zero-order valence-corrected chi connectivity index (χ0v) is 12.7. The topological polar surface area (TPSA) is 43.4 Å². The third-order valence-corrected chi connectivity index (χ3v) is 7.90. The van der Waals surface area contributed by atoms with E-state index in [1.165, 1.54) is 0 Å². The number of fused-ring (bicyclic) bond motifs is 5. The molecule has 1 saturated carbocycles. The minimum atomic E-state index is -1.89. The van der Waals surface area contributed by atoms with E-state index in [1.807, 2.05) is 0 Å². The molecule has 18 heavy (non-hydrogen) atoms. The summed E-state index contributed by atoms with van der Waals surface area (Å²) in [5.41, 5.74) is 0. The van der Waals surface area contributed by atoms with Crippen molar-refractivity contribution in [2.45, 2.75) is 14.1 Å². The van der Waals surface area contributed by atoms with Crippen molar-refractivity contribution in [3.63, 3.8) is 0 Å². The van der Waals surface area contributed by atoms with Crippen LogP contribution in [0.3, 0.4) is 0 Å². The smallest absolute Gasteiger partial charge is 0.319 e. The Bertz CT molecular complexity index is 498. The van der Waals surface area contributed by atoms with Crippen LogP contribution in [0.25, 0.3) is 0 Å². The van der Waals surface area contributed by atoms with Crippen molar-refractivity contribution in [1.82, 2.24) is 0 Å². The van der Waals surface area contributed by atoms with Crippen LogP contribution in [0, 0.1) is 11.8 Å². The zero-order chi connectivity index (χ0) is 13.7. The molecule has 2 aliphatic carbocycles. The third kappa shape index (κ3) is 1.03. The third-order valence-electron chi connectivity index (χ3n) is 3.64. The minimum Gasteiger partial charge on any atom is -0.393 e. The first-order valence-electron chi connectivity index (χ1n) is 4.69. The van der Waals surface area contributed by atoms with Crippen LogP contribution in [0.2, 0.25) is 0 Å². The molecule has 3 rings (SSSR count). The van der Waals surface area contributed by atoms with E-state index in [2.05, 4.69) is 4.74 Å². The molecule has 1 heterocycles. The number of halogens is 6. The number of carbonyl (C=O) groups excluding carboxylic acids is 2. The second-order valence-corrected chi connectivity index (χ2v) is 7.60. The van der Waals surface area contributed by atoms with Crippen molar-refractivity contribution in [3.8, 4) is 0 Å². The molecule has 3 aliphatic rings. The van der Waals surface area contributed by atoms with Crippen LogP contribution < -0.4 is 0 Å². The molecule has 0 aromatic heterocycles. The number of rotatable bonds is 0. The second kappa shape index (κ2) is 3.44. The monoisotopic (exact) mass is 368 g/mol. The van der Waals surface area contributed by atoms with Gasteiger partial charge in [0.15, 0.2) is 4.33 Å². The first-order valence-corrected chi connectivity index (χ1v) is 6.96. The van der Waals surface area contributed by atoms with Crippen LogP contribution in [0.5, 0.6) is 0 Å². The average Bonchev–Trinajstić information content (AvgIpc) is 2.68. The Balaban J connectivity index is 2.37. The fraction of sp³-hybridized carbons (Fsp3) is 0.556. The lowest BCUT2D eigenvalue weighted by Gasteiger charge is -2.32. The maximum atomic E-state index is 11.7. The highest BCUT2D eigenvalue weighted by molar-refractivity contribution is 6.66. The largest absolute Gasteiger partial charge is 0.393 e. The van der Waals surface area contributed by atoms with Crippen LogP contribution >= 0.6 is 69.6 Å². The van der Waals surface area contributed by atoms with Gasteiger partial charge in [-0.25, -0.2) is 0 Å². The summed E-state index contributed by atoms with van der Waals surface area (Å²) in [5.74, 6) is -3.99. The van der Waals surface area contributed by atoms with Gasteiger partial charge in [-0.15, -0.1) is 23.2 Å². The van der Waals surface area contributed by atoms with E-state index in [0.717, 1.165) is 0 Å². The van der Waals surface area contributed by atoms with Gasteiger partial charge in [0.2, 0.25) is 0 Å². The highest BCUT2D eigenvalue weighted by Crippen LogP contribution is 2.77. The van der Waals surface area contributed by atoms with Gasteiger partial charge in [-0.1, -0.05) is 46.4 Å². The molecule has 2 fully saturated rings. The lowest BCUT2D eigenvalue weighted by molar-refractivity contribution is -0.154. The Kier molecular flexibility index (Phi) is 2.60. The molecule has 1 saturated heterocycles. The molecule has 0 aromatic rings. The number of esters is 2. The highest BCUT2D eigenvalue weighted by Gasteiger charge is 2.87. The number of hydrogen-bond acceptors (Lipinski definition) is 3. The van der Waals surface area contributed by atoms with Crippen molar-refractivity contribution in [2.75, 3.05) is 0 Å². The minimum absolute atomic E-state index is 0.126. The quantitative estimate of drug-likeness (QED) is 0.374. The van der Waals surface area contributed by atoms with Gasteiger partial charge >= 0.3 is 11.9 Å². The SMILES string of the molecule is O=C1OC(=O)[C@@H]2[C@@H]1[C@@]1(Cl)C(Cl)=C(Cl)[C@@]2(Cl)C1(Cl)Cl. The van der Waals surface area contributed by atoms with Gasteiger partial charge in [0.1, 0.15) is 21.6 Å². The normalized spacial score (nSPS) is 48.8. The number of hydrogen-bond donors (Lipinski definition) is 0. The van der Waals surface area contributed by atoms with E-state index in [0.29, 0.717) is 0 Å². The van der Waals surface area contributed by atoms with Crippen molar-refractivity contribution >= 4 is 81.5 Å². The molecule has 3 nitrogen and oxygen atoms in total. The molecule has 0 radical (unpaired) electrons. The fourth-order valence-electron chi connectivity index (χ4n) is 2.81. The standard InChI is InChI=1S/C9H2Cl6O3/c10-3-4(11)8(13)2-1(5(16)18-6(2)17)7(3,12)9(8,14)15/h1-2H/t1-,2-,7+,8+/m0/s1. The molecule has 4 atom stereocenters. The fourth-order valence-corrected chi connectivity index (χ4v) is 5.73. The van der Waals surface area contributed by atoms with Crippen LogP contribution in [-0.2, 0) is 14.3 Å².